The third-order valence-corrected chi connectivity index (χ3v) is 5.77. The third-order valence-electron chi connectivity index (χ3n) is 5.09. The van der Waals surface area contributed by atoms with Gasteiger partial charge in [-0.05, 0) is 24.0 Å². The van der Waals surface area contributed by atoms with Crippen LogP contribution >= 0.6 is 0 Å². The molecule has 1 aromatic heterocycles. The molecule has 1 aromatic carbocycles. The van der Waals surface area contributed by atoms with Crippen LogP contribution in [0.1, 0.15) is 42.7 Å². The first-order valence-electron chi connectivity index (χ1n) is 9.40. The van der Waals surface area contributed by atoms with Crippen molar-refractivity contribution in [2.24, 2.45) is 5.92 Å². The van der Waals surface area contributed by atoms with Crippen LogP contribution in [0.25, 0.3) is 0 Å². The van der Waals surface area contributed by atoms with Gasteiger partial charge in [-0.2, -0.15) is 0 Å². The van der Waals surface area contributed by atoms with Crippen LogP contribution in [0.4, 0.5) is 0 Å². The van der Waals surface area contributed by atoms with Gasteiger partial charge in [-0.25, -0.2) is 13.1 Å². The second-order valence-corrected chi connectivity index (χ2v) is 9.47. The molecule has 0 saturated carbocycles. The number of hydrogen-bond donors (Lipinski definition) is 1. The number of aromatic nitrogens is 3. The van der Waals surface area contributed by atoms with Gasteiger partial charge in [0.1, 0.15) is 5.82 Å². The second kappa shape index (κ2) is 8.08. The van der Waals surface area contributed by atoms with Crippen molar-refractivity contribution in [1.29, 1.82) is 0 Å². The van der Waals surface area contributed by atoms with Crippen molar-refractivity contribution in [2.75, 3.05) is 19.3 Å². The first kappa shape index (κ1) is 20.0. The summed E-state index contributed by atoms with van der Waals surface area (Å²) in [6.07, 6.45) is 1.99. The van der Waals surface area contributed by atoms with Crippen LogP contribution in [0.5, 0.6) is 0 Å². The van der Waals surface area contributed by atoms with Gasteiger partial charge >= 0.3 is 0 Å². The molecule has 0 aliphatic carbocycles. The molecule has 1 N–H and O–H groups in total. The largest absolute Gasteiger partial charge is 0.312 e. The first-order valence-corrected chi connectivity index (χ1v) is 11.3. The summed E-state index contributed by atoms with van der Waals surface area (Å²) in [5.41, 5.74) is 2.65. The average molecular weight is 392 g/mol. The number of hydrogen-bond acceptors (Lipinski definition) is 5. The molecule has 8 heteroatoms. The van der Waals surface area contributed by atoms with E-state index in [9.17, 15) is 8.42 Å². The van der Waals surface area contributed by atoms with E-state index in [-0.39, 0.29) is 12.0 Å². The molecule has 0 radical (unpaired) electrons. The molecule has 1 aliphatic rings. The zero-order chi connectivity index (χ0) is 19.6. The number of rotatable bonds is 6. The highest BCUT2D eigenvalue weighted by atomic mass is 32.2. The average Bonchev–Trinajstić information content (AvgIpc) is 2.88. The van der Waals surface area contributed by atoms with E-state index >= 15 is 0 Å². The number of benzene rings is 1. The molecule has 0 spiro atoms. The standard InChI is InChI=1S/C19H29N5O2S/c1-14(2)18(22-27(4,25)26)19-21-20-17-9-10-23(11-12-24(17)19)13-16-8-6-5-7-15(16)3/h5-8,14,18,22H,9-13H2,1-4H3. The highest BCUT2D eigenvalue weighted by molar-refractivity contribution is 7.88. The van der Waals surface area contributed by atoms with E-state index in [2.05, 4.69) is 55.6 Å². The van der Waals surface area contributed by atoms with E-state index in [1.54, 1.807) is 0 Å². The molecule has 1 aliphatic heterocycles. The summed E-state index contributed by atoms with van der Waals surface area (Å²) in [5, 5.41) is 8.70. The Morgan fingerprint density at radius 2 is 1.89 bits per heavy atom. The monoisotopic (exact) mass is 391 g/mol. The molecule has 0 bridgehead atoms. The van der Waals surface area contributed by atoms with Crippen LogP contribution in [-0.4, -0.2) is 47.4 Å². The molecule has 27 heavy (non-hydrogen) atoms. The van der Waals surface area contributed by atoms with E-state index in [0.29, 0.717) is 5.82 Å². The van der Waals surface area contributed by atoms with Crippen LogP contribution < -0.4 is 4.72 Å². The van der Waals surface area contributed by atoms with E-state index in [0.717, 1.165) is 38.4 Å². The number of nitrogens with zero attached hydrogens (tertiary/aromatic N) is 4. The van der Waals surface area contributed by atoms with Crippen molar-refractivity contribution >= 4 is 10.0 Å². The Kier molecular flexibility index (Phi) is 5.98. The van der Waals surface area contributed by atoms with Crippen molar-refractivity contribution in [2.45, 2.75) is 46.3 Å². The maximum Gasteiger partial charge on any atom is 0.209 e. The normalized spacial score (nSPS) is 16.9. The number of nitrogens with one attached hydrogen (secondary N) is 1. The quantitative estimate of drug-likeness (QED) is 0.813. The maximum atomic E-state index is 11.8. The summed E-state index contributed by atoms with van der Waals surface area (Å²) in [4.78, 5) is 2.43. The number of aryl methyl sites for hydroxylation is 1. The van der Waals surface area contributed by atoms with Gasteiger partial charge in [-0.1, -0.05) is 38.1 Å². The Balaban J connectivity index is 1.77. The summed E-state index contributed by atoms with van der Waals surface area (Å²) in [5.74, 6) is 1.72. The van der Waals surface area contributed by atoms with Gasteiger partial charge < -0.3 is 4.57 Å². The van der Waals surface area contributed by atoms with Gasteiger partial charge in [-0.3, -0.25) is 4.90 Å². The van der Waals surface area contributed by atoms with E-state index < -0.39 is 10.0 Å². The Hall–Kier alpha value is -1.77. The summed E-state index contributed by atoms with van der Waals surface area (Å²) in [6.45, 7) is 9.60. The summed E-state index contributed by atoms with van der Waals surface area (Å²) in [7, 11) is -3.33. The minimum absolute atomic E-state index is 0.0827. The van der Waals surface area contributed by atoms with Crippen molar-refractivity contribution < 1.29 is 8.42 Å². The third kappa shape index (κ3) is 4.94. The molecule has 148 valence electrons. The van der Waals surface area contributed by atoms with Gasteiger partial charge in [0.15, 0.2) is 5.82 Å². The highest BCUT2D eigenvalue weighted by Gasteiger charge is 2.28. The minimum atomic E-state index is -3.33. The lowest BCUT2D eigenvalue weighted by atomic mass is 10.1. The Morgan fingerprint density at radius 1 is 1.15 bits per heavy atom. The Bertz CT molecular complexity index is 891. The molecular formula is C19H29N5O2S. The van der Waals surface area contributed by atoms with Gasteiger partial charge in [0, 0.05) is 32.6 Å². The summed E-state index contributed by atoms with van der Waals surface area (Å²) >= 11 is 0. The van der Waals surface area contributed by atoms with Gasteiger partial charge in [0.05, 0.1) is 12.3 Å². The molecule has 2 heterocycles. The van der Waals surface area contributed by atoms with Crippen molar-refractivity contribution in [1.82, 2.24) is 24.4 Å². The molecule has 1 atom stereocenters. The molecule has 7 nitrogen and oxygen atoms in total. The van der Waals surface area contributed by atoms with Crippen LogP contribution in [0.2, 0.25) is 0 Å². The molecule has 1 unspecified atom stereocenters. The Morgan fingerprint density at radius 3 is 2.56 bits per heavy atom. The van der Waals surface area contributed by atoms with Gasteiger partial charge in [0.25, 0.3) is 0 Å². The smallest absolute Gasteiger partial charge is 0.209 e. The number of fused-ring (bicyclic) bond motifs is 1. The molecular weight excluding hydrogens is 362 g/mol. The Labute approximate surface area is 161 Å². The maximum absolute atomic E-state index is 11.8. The molecule has 0 saturated heterocycles. The van der Waals surface area contributed by atoms with Crippen LogP contribution in [0, 0.1) is 12.8 Å². The lowest BCUT2D eigenvalue weighted by Crippen LogP contribution is -2.33. The van der Waals surface area contributed by atoms with Gasteiger partial charge in [0.2, 0.25) is 10.0 Å². The first-order chi connectivity index (χ1) is 12.7. The van der Waals surface area contributed by atoms with Crippen molar-refractivity contribution in [3.63, 3.8) is 0 Å². The van der Waals surface area contributed by atoms with Crippen molar-refractivity contribution in [3.05, 3.63) is 47.0 Å². The summed E-state index contributed by atoms with van der Waals surface area (Å²) in [6, 6.07) is 8.10. The van der Waals surface area contributed by atoms with Crippen LogP contribution in [0.3, 0.4) is 0 Å². The minimum Gasteiger partial charge on any atom is -0.312 e. The lowest BCUT2D eigenvalue weighted by Gasteiger charge is -2.23. The van der Waals surface area contributed by atoms with E-state index in [1.807, 2.05) is 13.8 Å². The molecule has 3 rings (SSSR count). The zero-order valence-corrected chi connectivity index (χ0v) is 17.3. The predicted molar refractivity (Wildman–Crippen MR) is 106 cm³/mol. The fourth-order valence-corrected chi connectivity index (χ4v) is 4.36. The fourth-order valence-electron chi connectivity index (χ4n) is 3.52. The fraction of sp³-hybridized carbons (Fsp3) is 0.579. The van der Waals surface area contributed by atoms with Crippen LogP contribution in [-0.2, 0) is 29.5 Å². The predicted octanol–water partition coefficient (Wildman–Crippen LogP) is 1.89. The van der Waals surface area contributed by atoms with E-state index in [4.69, 9.17) is 0 Å². The zero-order valence-electron chi connectivity index (χ0n) is 16.5. The SMILES string of the molecule is Cc1ccccc1CN1CCc2nnc(C(NS(C)(=O)=O)C(C)C)n2CC1. The number of sulfonamides is 1. The molecule has 2 aromatic rings. The molecule has 0 fully saturated rings. The van der Waals surface area contributed by atoms with Crippen LogP contribution in [0.15, 0.2) is 24.3 Å². The topological polar surface area (TPSA) is 80.1 Å². The van der Waals surface area contributed by atoms with E-state index in [1.165, 1.54) is 17.4 Å². The van der Waals surface area contributed by atoms with Gasteiger partial charge in [-0.15, -0.1) is 10.2 Å². The molecule has 0 amide bonds. The second-order valence-electron chi connectivity index (χ2n) is 7.69. The summed E-state index contributed by atoms with van der Waals surface area (Å²) < 4.78 is 28.4. The lowest BCUT2D eigenvalue weighted by molar-refractivity contribution is 0.268. The van der Waals surface area contributed by atoms with Crippen molar-refractivity contribution in [3.8, 4) is 0 Å². The highest BCUT2D eigenvalue weighted by Crippen LogP contribution is 2.23.